The van der Waals surface area contributed by atoms with Crippen molar-refractivity contribution in [1.29, 1.82) is 0 Å². The molecule has 0 aliphatic heterocycles. The highest BCUT2D eigenvalue weighted by molar-refractivity contribution is 4.85. The van der Waals surface area contributed by atoms with Crippen molar-refractivity contribution < 1.29 is 5.11 Å². The molecule has 5 nitrogen and oxygen atoms in total. The summed E-state index contributed by atoms with van der Waals surface area (Å²) in [5.41, 5.74) is 0. The maximum Gasteiger partial charge on any atom is 0.140 e. The fourth-order valence-corrected chi connectivity index (χ4v) is 1.56. The molecule has 16 heavy (non-hydrogen) atoms. The summed E-state index contributed by atoms with van der Waals surface area (Å²) in [6, 6.07) is 0.117. The summed E-state index contributed by atoms with van der Waals surface area (Å²) >= 11 is 0. The Kier molecular flexibility index (Phi) is 5.42. The van der Waals surface area contributed by atoms with E-state index in [2.05, 4.69) is 36.2 Å². The lowest BCUT2D eigenvalue weighted by atomic mass is 10.1. The van der Waals surface area contributed by atoms with E-state index in [0.29, 0.717) is 12.5 Å². The smallest absolute Gasteiger partial charge is 0.140 e. The summed E-state index contributed by atoms with van der Waals surface area (Å²) < 4.78 is 1.90. The number of nitrogens with one attached hydrogen (secondary N) is 1. The van der Waals surface area contributed by atoms with Crippen LogP contribution in [0.3, 0.4) is 0 Å². The van der Waals surface area contributed by atoms with E-state index in [1.54, 1.807) is 6.33 Å². The maximum atomic E-state index is 9.19. The molecule has 0 saturated carbocycles. The van der Waals surface area contributed by atoms with Gasteiger partial charge in [0.25, 0.3) is 0 Å². The predicted octanol–water partition coefficient (Wildman–Crippen LogP) is 0.795. The van der Waals surface area contributed by atoms with Gasteiger partial charge in [-0.2, -0.15) is 5.10 Å². The lowest BCUT2D eigenvalue weighted by Gasteiger charge is -2.19. The van der Waals surface area contributed by atoms with Crippen LogP contribution in [0.2, 0.25) is 0 Å². The van der Waals surface area contributed by atoms with Gasteiger partial charge in [0.2, 0.25) is 0 Å². The molecule has 0 fully saturated rings. The Morgan fingerprint density at radius 1 is 1.50 bits per heavy atom. The lowest BCUT2D eigenvalue weighted by Crippen LogP contribution is -2.37. The Morgan fingerprint density at radius 3 is 2.81 bits per heavy atom. The van der Waals surface area contributed by atoms with Crippen LogP contribution in [0, 0.1) is 5.92 Å². The van der Waals surface area contributed by atoms with Crippen molar-refractivity contribution in [2.45, 2.75) is 46.3 Å². The van der Waals surface area contributed by atoms with E-state index in [1.807, 2.05) is 4.68 Å². The molecule has 2 N–H and O–H groups in total. The van der Waals surface area contributed by atoms with Gasteiger partial charge in [-0.05, 0) is 12.3 Å². The van der Waals surface area contributed by atoms with Crippen molar-refractivity contribution in [3.63, 3.8) is 0 Å². The molecule has 0 amide bonds. The Hall–Kier alpha value is -0.940. The second kappa shape index (κ2) is 6.60. The third kappa shape index (κ3) is 3.57. The maximum absolute atomic E-state index is 9.19. The summed E-state index contributed by atoms with van der Waals surface area (Å²) in [5, 5.41) is 16.6. The van der Waals surface area contributed by atoms with Gasteiger partial charge in [0.15, 0.2) is 0 Å². The van der Waals surface area contributed by atoms with Crippen LogP contribution in [0.1, 0.15) is 33.0 Å². The SMILES string of the molecule is CCCn1ncnc1CNC(CO)C(C)C. The number of aryl methyl sites for hydroxylation is 1. The number of rotatable bonds is 7. The first kappa shape index (κ1) is 13.1. The van der Waals surface area contributed by atoms with Crippen molar-refractivity contribution in [2.24, 2.45) is 5.92 Å². The van der Waals surface area contributed by atoms with Gasteiger partial charge in [0.05, 0.1) is 13.2 Å². The highest BCUT2D eigenvalue weighted by Gasteiger charge is 2.12. The highest BCUT2D eigenvalue weighted by atomic mass is 16.3. The summed E-state index contributed by atoms with van der Waals surface area (Å²) in [6.45, 7) is 7.99. The van der Waals surface area contributed by atoms with Crippen LogP contribution in [0.25, 0.3) is 0 Å². The minimum Gasteiger partial charge on any atom is -0.395 e. The zero-order valence-corrected chi connectivity index (χ0v) is 10.3. The zero-order valence-electron chi connectivity index (χ0n) is 10.3. The van der Waals surface area contributed by atoms with E-state index in [0.717, 1.165) is 18.8 Å². The molecule has 1 heterocycles. The highest BCUT2D eigenvalue weighted by Crippen LogP contribution is 2.02. The summed E-state index contributed by atoms with van der Waals surface area (Å²) in [7, 11) is 0. The van der Waals surface area contributed by atoms with Gasteiger partial charge in [-0.3, -0.25) is 0 Å². The fourth-order valence-electron chi connectivity index (χ4n) is 1.56. The number of aromatic nitrogens is 3. The Labute approximate surface area is 96.9 Å². The van der Waals surface area contributed by atoms with Crippen molar-refractivity contribution in [2.75, 3.05) is 6.61 Å². The zero-order chi connectivity index (χ0) is 12.0. The van der Waals surface area contributed by atoms with Crippen LogP contribution >= 0.6 is 0 Å². The van der Waals surface area contributed by atoms with Crippen LogP contribution in [-0.2, 0) is 13.1 Å². The molecular weight excluding hydrogens is 204 g/mol. The van der Waals surface area contributed by atoms with Crippen LogP contribution in [0.15, 0.2) is 6.33 Å². The molecular formula is C11H22N4O. The number of hydrogen-bond donors (Lipinski definition) is 2. The van der Waals surface area contributed by atoms with Crippen molar-refractivity contribution >= 4 is 0 Å². The normalized spacial score (nSPS) is 13.3. The topological polar surface area (TPSA) is 63.0 Å². The molecule has 0 bridgehead atoms. The third-order valence-corrected chi connectivity index (χ3v) is 2.65. The molecule has 1 unspecified atom stereocenters. The van der Waals surface area contributed by atoms with Crippen molar-refractivity contribution in [3.05, 3.63) is 12.2 Å². The standard InChI is InChI=1S/C11H22N4O/c1-4-5-15-11(13-8-14-15)6-12-10(7-16)9(2)3/h8-10,12,16H,4-7H2,1-3H3. The minimum atomic E-state index is 0.117. The molecule has 0 aromatic carbocycles. The Bertz CT molecular complexity index is 298. The molecule has 1 rings (SSSR count). The van der Waals surface area contributed by atoms with E-state index in [4.69, 9.17) is 0 Å². The van der Waals surface area contributed by atoms with Crippen LogP contribution in [0.4, 0.5) is 0 Å². The van der Waals surface area contributed by atoms with Crippen molar-refractivity contribution in [3.8, 4) is 0 Å². The van der Waals surface area contributed by atoms with Gasteiger partial charge >= 0.3 is 0 Å². The van der Waals surface area contributed by atoms with E-state index >= 15 is 0 Å². The van der Waals surface area contributed by atoms with Crippen LogP contribution < -0.4 is 5.32 Å². The molecule has 1 aromatic rings. The van der Waals surface area contributed by atoms with E-state index < -0.39 is 0 Å². The molecule has 1 aromatic heterocycles. The van der Waals surface area contributed by atoms with Gasteiger partial charge in [0, 0.05) is 12.6 Å². The number of aliphatic hydroxyl groups excluding tert-OH is 1. The molecule has 1 atom stereocenters. The molecule has 0 saturated heterocycles. The Morgan fingerprint density at radius 2 is 2.25 bits per heavy atom. The fraction of sp³-hybridized carbons (Fsp3) is 0.818. The van der Waals surface area contributed by atoms with Gasteiger partial charge in [0.1, 0.15) is 12.2 Å². The summed E-state index contributed by atoms with van der Waals surface area (Å²) in [6.07, 6.45) is 2.62. The van der Waals surface area contributed by atoms with Gasteiger partial charge in [-0.25, -0.2) is 9.67 Å². The molecule has 0 radical (unpaired) electrons. The number of aliphatic hydroxyl groups is 1. The second-order valence-electron chi connectivity index (χ2n) is 4.31. The average Bonchev–Trinajstić information content (AvgIpc) is 2.67. The van der Waals surface area contributed by atoms with Gasteiger partial charge in [-0.1, -0.05) is 20.8 Å². The molecule has 5 heteroatoms. The van der Waals surface area contributed by atoms with Crippen molar-refractivity contribution in [1.82, 2.24) is 20.1 Å². The average molecular weight is 226 g/mol. The van der Waals surface area contributed by atoms with E-state index in [9.17, 15) is 5.11 Å². The molecule has 92 valence electrons. The second-order valence-corrected chi connectivity index (χ2v) is 4.31. The first-order valence-electron chi connectivity index (χ1n) is 5.90. The van der Waals surface area contributed by atoms with Crippen LogP contribution in [0.5, 0.6) is 0 Å². The lowest BCUT2D eigenvalue weighted by molar-refractivity contribution is 0.208. The third-order valence-electron chi connectivity index (χ3n) is 2.65. The van der Waals surface area contributed by atoms with Crippen LogP contribution in [-0.4, -0.2) is 32.5 Å². The van der Waals surface area contributed by atoms with Gasteiger partial charge < -0.3 is 10.4 Å². The molecule has 0 aliphatic rings. The first-order valence-corrected chi connectivity index (χ1v) is 5.90. The van der Waals surface area contributed by atoms with E-state index in [1.165, 1.54) is 0 Å². The summed E-state index contributed by atoms with van der Waals surface area (Å²) in [4.78, 5) is 4.21. The number of hydrogen-bond acceptors (Lipinski definition) is 4. The molecule has 0 spiro atoms. The Balaban J connectivity index is 2.49. The van der Waals surface area contributed by atoms with E-state index in [-0.39, 0.29) is 12.6 Å². The molecule has 0 aliphatic carbocycles. The quantitative estimate of drug-likeness (QED) is 0.721. The number of nitrogens with zero attached hydrogens (tertiary/aromatic N) is 3. The summed E-state index contributed by atoms with van der Waals surface area (Å²) in [5.74, 6) is 1.34. The predicted molar refractivity (Wildman–Crippen MR) is 62.9 cm³/mol. The first-order chi connectivity index (χ1) is 7.69. The minimum absolute atomic E-state index is 0.117. The van der Waals surface area contributed by atoms with Gasteiger partial charge in [-0.15, -0.1) is 0 Å². The largest absolute Gasteiger partial charge is 0.395 e. The monoisotopic (exact) mass is 226 g/mol.